The van der Waals surface area contributed by atoms with E-state index in [1.807, 2.05) is 6.92 Å². The zero-order chi connectivity index (χ0) is 20.8. The lowest BCUT2D eigenvalue weighted by molar-refractivity contribution is -0.137. The van der Waals surface area contributed by atoms with E-state index >= 15 is 0 Å². The average Bonchev–Trinajstić information content (AvgIpc) is 3.07. The molecule has 0 fully saturated rings. The van der Waals surface area contributed by atoms with E-state index in [0.717, 1.165) is 18.6 Å². The number of H-pyrrole nitrogens is 1. The second-order valence-electron chi connectivity index (χ2n) is 6.83. The third-order valence-electron chi connectivity index (χ3n) is 4.96. The molecule has 4 rings (SSSR count). The molecule has 0 saturated carbocycles. The molecular formula is C22H18F4N2O. The van der Waals surface area contributed by atoms with Gasteiger partial charge in [-0.2, -0.15) is 17.6 Å². The first-order chi connectivity index (χ1) is 13.8. The summed E-state index contributed by atoms with van der Waals surface area (Å²) >= 11 is 0. The van der Waals surface area contributed by atoms with Crippen molar-refractivity contribution in [3.63, 3.8) is 0 Å². The quantitative estimate of drug-likeness (QED) is 0.312. The molecule has 29 heavy (non-hydrogen) atoms. The lowest BCUT2D eigenvalue weighted by Crippen LogP contribution is -2.04. The van der Waals surface area contributed by atoms with Gasteiger partial charge in [0.25, 0.3) is 0 Å². The Kier molecular flexibility index (Phi) is 4.68. The third-order valence-corrected chi connectivity index (χ3v) is 4.96. The Morgan fingerprint density at radius 2 is 1.86 bits per heavy atom. The number of benzene rings is 2. The Bertz CT molecular complexity index is 1210. The van der Waals surface area contributed by atoms with Crippen LogP contribution in [-0.2, 0) is 12.6 Å². The number of methoxy groups -OCH3 is 1. The molecule has 0 unspecified atom stereocenters. The fourth-order valence-corrected chi connectivity index (χ4v) is 3.70. The van der Waals surface area contributed by atoms with Crippen LogP contribution in [0.3, 0.4) is 0 Å². The Balaban J connectivity index is 2.08. The van der Waals surface area contributed by atoms with Gasteiger partial charge in [0, 0.05) is 16.8 Å². The number of alkyl halides is 3. The van der Waals surface area contributed by atoms with Gasteiger partial charge in [-0.25, -0.2) is 4.98 Å². The Morgan fingerprint density at radius 3 is 2.55 bits per heavy atom. The van der Waals surface area contributed by atoms with Crippen molar-refractivity contribution in [3.8, 4) is 16.9 Å². The Labute approximate surface area is 164 Å². The maximum absolute atomic E-state index is 14.3. The van der Waals surface area contributed by atoms with Gasteiger partial charge < -0.3 is 9.72 Å². The number of fused-ring (bicyclic) bond motifs is 3. The number of nitrogens with one attached hydrogen (secondary N) is 1. The van der Waals surface area contributed by atoms with Gasteiger partial charge in [-0.1, -0.05) is 25.5 Å². The number of aryl methyl sites for hydroxylation is 1. The summed E-state index contributed by atoms with van der Waals surface area (Å²) in [6.45, 7) is 1.97. The Morgan fingerprint density at radius 1 is 1.07 bits per heavy atom. The van der Waals surface area contributed by atoms with Crippen LogP contribution in [0, 0.1) is 5.95 Å². The van der Waals surface area contributed by atoms with Gasteiger partial charge >= 0.3 is 6.18 Å². The molecule has 1 N–H and O–H groups in total. The summed E-state index contributed by atoms with van der Waals surface area (Å²) < 4.78 is 59.3. The van der Waals surface area contributed by atoms with Gasteiger partial charge in [0.15, 0.2) is 0 Å². The van der Waals surface area contributed by atoms with Crippen LogP contribution in [0.5, 0.6) is 5.75 Å². The first-order valence-corrected chi connectivity index (χ1v) is 9.19. The fraction of sp³-hybridized carbons (Fsp3) is 0.227. The highest BCUT2D eigenvalue weighted by Crippen LogP contribution is 2.41. The summed E-state index contributed by atoms with van der Waals surface area (Å²) in [5, 5.41) is 1.18. The summed E-state index contributed by atoms with van der Waals surface area (Å²) in [5.41, 5.74) is 2.06. The zero-order valence-electron chi connectivity index (χ0n) is 15.8. The first-order valence-electron chi connectivity index (χ1n) is 9.19. The minimum Gasteiger partial charge on any atom is -0.495 e. The van der Waals surface area contributed by atoms with E-state index < -0.39 is 17.7 Å². The van der Waals surface area contributed by atoms with Crippen LogP contribution in [0.2, 0.25) is 0 Å². The van der Waals surface area contributed by atoms with Gasteiger partial charge in [-0.15, -0.1) is 0 Å². The number of nitrogens with zero attached hydrogens (tertiary/aromatic N) is 1. The largest absolute Gasteiger partial charge is 0.495 e. The average molecular weight is 402 g/mol. The lowest BCUT2D eigenvalue weighted by atomic mass is 9.97. The molecule has 2 aromatic heterocycles. The van der Waals surface area contributed by atoms with Gasteiger partial charge in [0.1, 0.15) is 5.75 Å². The maximum Gasteiger partial charge on any atom is 0.416 e. The molecule has 0 radical (unpaired) electrons. The molecule has 150 valence electrons. The molecule has 0 aliphatic rings. The Hall–Kier alpha value is -3.09. The number of ether oxygens (including phenoxy) is 1. The second-order valence-corrected chi connectivity index (χ2v) is 6.83. The molecular weight excluding hydrogens is 384 g/mol. The number of pyridine rings is 1. The SMILES string of the molecule is CCCc1nc(F)cc2c1[nH]c1c(OC)ccc(-c3cccc(C(F)(F)F)c3)c12. The predicted molar refractivity (Wildman–Crippen MR) is 105 cm³/mol. The number of hydrogen-bond acceptors (Lipinski definition) is 2. The van der Waals surface area contributed by atoms with Crippen molar-refractivity contribution in [1.29, 1.82) is 0 Å². The molecule has 2 heterocycles. The van der Waals surface area contributed by atoms with Crippen molar-refractivity contribution in [2.75, 3.05) is 7.11 Å². The zero-order valence-corrected chi connectivity index (χ0v) is 15.8. The molecule has 0 atom stereocenters. The van der Waals surface area contributed by atoms with Gasteiger partial charge in [-0.05, 0) is 41.8 Å². The summed E-state index contributed by atoms with van der Waals surface area (Å²) in [6.07, 6.45) is -3.10. The molecule has 4 aromatic rings. The lowest BCUT2D eigenvalue weighted by Gasteiger charge is -2.11. The van der Waals surface area contributed by atoms with Gasteiger partial charge in [0.2, 0.25) is 5.95 Å². The summed E-state index contributed by atoms with van der Waals surface area (Å²) in [5.74, 6) is -0.102. The molecule has 0 spiro atoms. The fourth-order valence-electron chi connectivity index (χ4n) is 3.70. The number of rotatable bonds is 4. The smallest absolute Gasteiger partial charge is 0.416 e. The summed E-state index contributed by atoms with van der Waals surface area (Å²) in [6, 6.07) is 9.81. The van der Waals surface area contributed by atoms with Crippen molar-refractivity contribution in [2.24, 2.45) is 0 Å². The molecule has 0 amide bonds. The summed E-state index contributed by atoms with van der Waals surface area (Å²) in [7, 11) is 1.51. The number of halogens is 4. The molecule has 2 aromatic carbocycles. The van der Waals surface area contributed by atoms with Crippen LogP contribution in [0.1, 0.15) is 24.6 Å². The van der Waals surface area contributed by atoms with E-state index in [1.54, 1.807) is 18.2 Å². The number of aromatic nitrogens is 2. The molecule has 7 heteroatoms. The number of hydrogen-bond donors (Lipinski definition) is 1. The van der Waals surface area contributed by atoms with Crippen LogP contribution in [0.25, 0.3) is 32.9 Å². The molecule has 0 bridgehead atoms. The minimum atomic E-state index is -4.45. The van der Waals surface area contributed by atoms with E-state index in [-0.39, 0.29) is 0 Å². The highest BCUT2D eigenvalue weighted by Gasteiger charge is 2.30. The molecule has 0 aliphatic carbocycles. The maximum atomic E-state index is 14.3. The van der Waals surface area contributed by atoms with Crippen molar-refractivity contribution in [2.45, 2.75) is 25.9 Å². The van der Waals surface area contributed by atoms with Crippen LogP contribution in [0.15, 0.2) is 42.5 Å². The molecule has 0 aliphatic heterocycles. The van der Waals surface area contributed by atoms with E-state index in [0.29, 0.717) is 50.8 Å². The van der Waals surface area contributed by atoms with Crippen LogP contribution < -0.4 is 4.74 Å². The van der Waals surface area contributed by atoms with Crippen LogP contribution >= 0.6 is 0 Å². The van der Waals surface area contributed by atoms with E-state index in [1.165, 1.54) is 19.2 Å². The van der Waals surface area contributed by atoms with E-state index in [4.69, 9.17) is 4.74 Å². The first kappa shape index (κ1) is 19.2. The molecule has 0 saturated heterocycles. The monoisotopic (exact) mass is 402 g/mol. The standard InChI is InChI=1S/C22H18F4N2O/c1-3-5-16-20-15(11-18(23)27-16)19-14(8-9-17(29-2)21(19)28-20)12-6-4-7-13(10-12)22(24,25)26/h4,6-11,28H,3,5H2,1-2H3. The van der Waals surface area contributed by atoms with E-state index in [9.17, 15) is 17.6 Å². The van der Waals surface area contributed by atoms with E-state index in [2.05, 4.69) is 9.97 Å². The minimum absolute atomic E-state index is 0.391. The second kappa shape index (κ2) is 7.06. The third kappa shape index (κ3) is 3.30. The van der Waals surface area contributed by atoms with Crippen LogP contribution in [0.4, 0.5) is 17.6 Å². The number of aromatic amines is 1. The predicted octanol–water partition coefficient (Wildman–Crippen LogP) is 6.50. The highest BCUT2D eigenvalue weighted by molar-refractivity contribution is 6.16. The molecule has 3 nitrogen and oxygen atoms in total. The van der Waals surface area contributed by atoms with Crippen molar-refractivity contribution >= 4 is 21.8 Å². The van der Waals surface area contributed by atoms with Crippen molar-refractivity contribution < 1.29 is 22.3 Å². The normalized spacial score (nSPS) is 12.1. The topological polar surface area (TPSA) is 37.9 Å². The van der Waals surface area contributed by atoms with Gasteiger partial charge in [0.05, 0.1) is 29.4 Å². The highest BCUT2D eigenvalue weighted by atomic mass is 19.4. The van der Waals surface area contributed by atoms with Crippen molar-refractivity contribution in [3.05, 3.63) is 59.7 Å². The van der Waals surface area contributed by atoms with Crippen LogP contribution in [-0.4, -0.2) is 17.1 Å². The van der Waals surface area contributed by atoms with Gasteiger partial charge in [-0.3, -0.25) is 0 Å². The summed E-state index contributed by atoms with van der Waals surface area (Å²) in [4.78, 5) is 7.26. The van der Waals surface area contributed by atoms with Crippen molar-refractivity contribution in [1.82, 2.24) is 9.97 Å².